The highest BCUT2D eigenvalue weighted by Crippen LogP contribution is 2.58. The van der Waals surface area contributed by atoms with Crippen LogP contribution in [0.1, 0.15) is 39.0 Å². The monoisotopic (exact) mass is 224 g/mol. The predicted octanol–water partition coefficient (Wildman–Crippen LogP) is 1.99. The van der Waals surface area contributed by atoms with Crippen LogP contribution in [-0.4, -0.2) is 22.0 Å². The summed E-state index contributed by atoms with van der Waals surface area (Å²) in [7, 11) is 1.62. The fourth-order valence-corrected chi connectivity index (χ4v) is 2.32. The maximum Gasteiger partial charge on any atom is 0.162 e. The van der Waals surface area contributed by atoms with Gasteiger partial charge in [-0.3, -0.25) is 4.68 Å². The molecule has 1 aliphatic carbocycles. The molecule has 4 nitrogen and oxygen atoms in total. The molecule has 0 aliphatic heterocycles. The van der Waals surface area contributed by atoms with Crippen molar-refractivity contribution < 1.29 is 9.84 Å². The largest absolute Gasteiger partial charge is 0.493 e. The Balaban J connectivity index is 2.28. The number of aliphatic hydroxyl groups is 1. The zero-order chi connectivity index (χ0) is 11.9. The van der Waals surface area contributed by atoms with Gasteiger partial charge in [0.2, 0.25) is 0 Å². The Morgan fingerprint density at radius 3 is 2.75 bits per heavy atom. The summed E-state index contributed by atoms with van der Waals surface area (Å²) in [6.45, 7) is 7.13. The molecule has 0 radical (unpaired) electrons. The molecule has 1 aromatic rings. The minimum Gasteiger partial charge on any atom is -0.493 e. The molecule has 90 valence electrons. The topological polar surface area (TPSA) is 47.3 Å². The van der Waals surface area contributed by atoms with Crippen LogP contribution < -0.4 is 4.74 Å². The van der Waals surface area contributed by atoms with Crippen LogP contribution in [0.2, 0.25) is 0 Å². The van der Waals surface area contributed by atoms with E-state index < -0.39 is 6.10 Å². The van der Waals surface area contributed by atoms with Gasteiger partial charge in [-0.2, -0.15) is 5.10 Å². The van der Waals surface area contributed by atoms with Gasteiger partial charge in [-0.15, -0.1) is 0 Å². The Hall–Kier alpha value is -1.03. The Bertz CT molecular complexity index is 363. The van der Waals surface area contributed by atoms with Crippen LogP contribution >= 0.6 is 0 Å². The van der Waals surface area contributed by atoms with Crippen molar-refractivity contribution in [2.45, 2.75) is 39.8 Å². The molecule has 4 heteroatoms. The van der Waals surface area contributed by atoms with Crippen molar-refractivity contribution in [1.82, 2.24) is 9.78 Å². The first kappa shape index (κ1) is 11.5. The first-order valence-electron chi connectivity index (χ1n) is 5.79. The molecule has 0 bridgehead atoms. The van der Waals surface area contributed by atoms with Crippen molar-refractivity contribution in [2.75, 3.05) is 7.11 Å². The summed E-state index contributed by atoms with van der Waals surface area (Å²) in [5, 5.41) is 14.6. The highest BCUT2D eigenvalue weighted by Gasteiger charge is 2.51. The number of hydrogen-bond donors (Lipinski definition) is 1. The molecule has 2 unspecified atom stereocenters. The van der Waals surface area contributed by atoms with Gasteiger partial charge >= 0.3 is 0 Å². The van der Waals surface area contributed by atoms with Crippen molar-refractivity contribution in [3.8, 4) is 5.75 Å². The summed E-state index contributed by atoms with van der Waals surface area (Å²) in [4.78, 5) is 0. The first-order valence-corrected chi connectivity index (χ1v) is 5.79. The van der Waals surface area contributed by atoms with Crippen LogP contribution in [0.25, 0.3) is 0 Å². The molecule has 1 aliphatic rings. The lowest BCUT2D eigenvalue weighted by Gasteiger charge is -2.15. The number of aromatic nitrogens is 2. The van der Waals surface area contributed by atoms with Crippen LogP contribution in [0.3, 0.4) is 0 Å². The van der Waals surface area contributed by atoms with Crippen LogP contribution in [0.15, 0.2) is 6.20 Å². The predicted molar refractivity (Wildman–Crippen MR) is 61.3 cm³/mol. The van der Waals surface area contributed by atoms with E-state index in [0.29, 0.717) is 11.7 Å². The van der Waals surface area contributed by atoms with Gasteiger partial charge in [0.1, 0.15) is 11.8 Å². The molecule has 2 atom stereocenters. The first-order chi connectivity index (χ1) is 7.51. The van der Waals surface area contributed by atoms with Crippen LogP contribution in [0.5, 0.6) is 5.75 Å². The van der Waals surface area contributed by atoms with E-state index >= 15 is 0 Å². The second kappa shape index (κ2) is 3.77. The second-order valence-electron chi connectivity index (χ2n) is 5.16. The molecule has 1 fully saturated rings. The molecule has 1 saturated carbocycles. The second-order valence-corrected chi connectivity index (χ2v) is 5.16. The third-order valence-electron chi connectivity index (χ3n) is 3.62. The Morgan fingerprint density at radius 1 is 1.69 bits per heavy atom. The summed E-state index contributed by atoms with van der Waals surface area (Å²) in [5.41, 5.74) is 1.06. The van der Waals surface area contributed by atoms with E-state index in [2.05, 4.69) is 18.9 Å². The number of rotatable bonds is 4. The summed E-state index contributed by atoms with van der Waals surface area (Å²) >= 11 is 0. The standard InChI is InChI=1S/C12H20N2O2/c1-5-14-10(9(16-4)7-13-14)11(15)8-6-12(8,2)3/h7-8,11,15H,5-6H2,1-4H3. The van der Waals surface area contributed by atoms with Crippen molar-refractivity contribution in [2.24, 2.45) is 11.3 Å². The molecule has 0 amide bonds. The maximum absolute atomic E-state index is 10.4. The van der Waals surface area contributed by atoms with Gasteiger partial charge in [0.15, 0.2) is 5.75 Å². The van der Waals surface area contributed by atoms with Gasteiger partial charge < -0.3 is 9.84 Å². The number of aliphatic hydroxyl groups excluding tert-OH is 1. The molecule has 1 heterocycles. The summed E-state index contributed by atoms with van der Waals surface area (Å²) in [5.74, 6) is 1.01. The van der Waals surface area contributed by atoms with Gasteiger partial charge in [0.05, 0.1) is 13.3 Å². The highest BCUT2D eigenvalue weighted by molar-refractivity contribution is 5.29. The molecule has 0 saturated heterocycles. The van der Waals surface area contributed by atoms with Crippen LogP contribution in [-0.2, 0) is 6.54 Å². The third kappa shape index (κ3) is 1.71. The van der Waals surface area contributed by atoms with E-state index in [0.717, 1.165) is 18.7 Å². The molecule has 0 aromatic carbocycles. The summed E-state index contributed by atoms with van der Waals surface area (Å²) in [6.07, 6.45) is 2.27. The minimum absolute atomic E-state index is 0.243. The fourth-order valence-electron chi connectivity index (χ4n) is 2.32. The SMILES string of the molecule is CCn1ncc(OC)c1C(O)C1CC1(C)C. The molecule has 1 N–H and O–H groups in total. The maximum atomic E-state index is 10.4. The number of aryl methyl sites for hydroxylation is 1. The van der Waals surface area contributed by atoms with Gasteiger partial charge in [-0.1, -0.05) is 13.8 Å². The molecule has 1 aromatic heterocycles. The van der Waals surface area contributed by atoms with Crippen LogP contribution in [0.4, 0.5) is 0 Å². The number of nitrogens with zero attached hydrogens (tertiary/aromatic N) is 2. The lowest BCUT2D eigenvalue weighted by Crippen LogP contribution is -2.12. The Labute approximate surface area is 96.2 Å². The van der Waals surface area contributed by atoms with Gasteiger partial charge in [-0.05, 0) is 24.7 Å². The average Bonchev–Trinajstić information content (AvgIpc) is 2.75. The highest BCUT2D eigenvalue weighted by atomic mass is 16.5. The Kier molecular flexibility index (Phi) is 2.70. The third-order valence-corrected chi connectivity index (χ3v) is 3.62. The van der Waals surface area contributed by atoms with Crippen molar-refractivity contribution in [3.05, 3.63) is 11.9 Å². The van der Waals surface area contributed by atoms with E-state index in [1.807, 2.05) is 11.6 Å². The average molecular weight is 224 g/mol. The normalized spacial score (nSPS) is 24.2. The van der Waals surface area contributed by atoms with E-state index in [-0.39, 0.29) is 5.41 Å². The zero-order valence-electron chi connectivity index (χ0n) is 10.4. The van der Waals surface area contributed by atoms with Crippen molar-refractivity contribution in [3.63, 3.8) is 0 Å². The number of hydrogen-bond acceptors (Lipinski definition) is 3. The number of ether oxygens (including phenoxy) is 1. The van der Waals surface area contributed by atoms with Crippen molar-refractivity contribution >= 4 is 0 Å². The minimum atomic E-state index is -0.465. The quantitative estimate of drug-likeness (QED) is 0.850. The molecule has 2 rings (SSSR count). The zero-order valence-corrected chi connectivity index (χ0v) is 10.4. The van der Waals surface area contributed by atoms with E-state index in [1.54, 1.807) is 13.3 Å². The lowest BCUT2D eigenvalue weighted by molar-refractivity contribution is 0.125. The van der Waals surface area contributed by atoms with Gasteiger partial charge in [-0.25, -0.2) is 0 Å². The van der Waals surface area contributed by atoms with E-state index in [9.17, 15) is 5.11 Å². The summed E-state index contributed by atoms with van der Waals surface area (Å²) in [6, 6.07) is 0. The molecule has 16 heavy (non-hydrogen) atoms. The van der Waals surface area contributed by atoms with Gasteiger partial charge in [0, 0.05) is 6.54 Å². The summed E-state index contributed by atoms with van der Waals surface area (Å²) < 4.78 is 7.07. The smallest absolute Gasteiger partial charge is 0.162 e. The van der Waals surface area contributed by atoms with E-state index in [4.69, 9.17) is 4.74 Å². The molecular formula is C12H20N2O2. The number of methoxy groups -OCH3 is 1. The fraction of sp³-hybridized carbons (Fsp3) is 0.750. The van der Waals surface area contributed by atoms with Crippen LogP contribution in [0, 0.1) is 11.3 Å². The molecule has 0 spiro atoms. The van der Waals surface area contributed by atoms with Crippen molar-refractivity contribution in [1.29, 1.82) is 0 Å². The Morgan fingerprint density at radius 2 is 2.31 bits per heavy atom. The van der Waals surface area contributed by atoms with E-state index in [1.165, 1.54) is 0 Å². The molecular weight excluding hydrogens is 204 g/mol. The lowest BCUT2D eigenvalue weighted by atomic mass is 10.0. The van der Waals surface area contributed by atoms with Gasteiger partial charge in [0.25, 0.3) is 0 Å².